The third kappa shape index (κ3) is 3.35. The van der Waals surface area contributed by atoms with Gasteiger partial charge >= 0.3 is 5.97 Å². The van der Waals surface area contributed by atoms with E-state index in [0.29, 0.717) is 5.82 Å². The number of pyridine rings is 1. The number of rotatable bonds is 4. The van der Waals surface area contributed by atoms with Crippen molar-refractivity contribution in [3.63, 3.8) is 0 Å². The minimum absolute atomic E-state index is 0.0784. The van der Waals surface area contributed by atoms with Crippen LogP contribution in [-0.2, 0) is 4.74 Å². The average molecular weight is 265 g/mol. The first kappa shape index (κ1) is 13.6. The highest BCUT2D eigenvalue weighted by atomic mass is 16.5. The Balaban J connectivity index is 2.03. The lowest BCUT2D eigenvalue weighted by molar-refractivity contribution is 0.0300. The highest BCUT2D eigenvalue weighted by Crippen LogP contribution is 2.29. The molecule has 0 radical (unpaired) electrons. The van der Waals surface area contributed by atoms with Crippen molar-refractivity contribution in [2.75, 3.05) is 30.8 Å². The van der Waals surface area contributed by atoms with Crippen LogP contribution in [-0.4, -0.2) is 35.8 Å². The third-order valence-corrected chi connectivity index (χ3v) is 3.56. The molecule has 6 nitrogen and oxygen atoms in total. The lowest BCUT2D eigenvalue weighted by atomic mass is 9.82. The largest absolute Gasteiger partial charge is 0.478 e. The molecule has 0 saturated carbocycles. The van der Waals surface area contributed by atoms with Crippen LogP contribution in [0.4, 0.5) is 11.5 Å². The zero-order valence-corrected chi connectivity index (χ0v) is 11.0. The fourth-order valence-electron chi connectivity index (χ4n) is 2.09. The van der Waals surface area contributed by atoms with Gasteiger partial charge in [-0.25, -0.2) is 9.78 Å². The van der Waals surface area contributed by atoms with E-state index >= 15 is 0 Å². The van der Waals surface area contributed by atoms with Gasteiger partial charge in [0.15, 0.2) is 0 Å². The van der Waals surface area contributed by atoms with Crippen LogP contribution < -0.4 is 11.1 Å². The van der Waals surface area contributed by atoms with Crippen molar-refractivity contribution in [1.82, 2.24) is 4.98 Å². The first-order valence-electron chi connectivity index (χ1n) is 6.31. The van der Waals surface area contributed by atoms with Crippen molar-refractivity contribution >= 4 is 17.5 Å². The molecule has 1 aliphatic heterocycles. The molecule has 0 aromatic carbocycles. The zero-order valence-electron chi connectivity index (χ0n) is 11.0. The third-order valence-electron chi connectivity index (χ3n) is 3.56. The van der Waals surface area contributed by atoms with Gasteiger partial charge < -0.3 is 20.9 Å². The fourth-order valence-corrected chi connectivity index (χ4v) is 2.09. The van der Waals surface area contributed by atoms with Crippen LogP contribution in [0, 0.1) is 5.41 Å². The predicted molar refractivity (Wildman–Crippen MR) is 72.3 cm³/mol. The topological polar surface area (TPSA) is 97.5 Å². The van der Waals surface area contributed by atoms with Crippen LogP contribution in [0.5, 0.6) is 0 Å². The van der Waals surface area contributed by atoms with Crippen molar-refractivity contribution in [2.45, 2.75) is 19.8 Å². The van der Waals surface area contributed by atoms with E-state index in [1.54, 1.807) is 0 Å². The van der Waals surface area contributed by atoms with Crippen molar-refractivity contribution in [3.05, 3.63) is 17.8 Å². The van der Waals surface area contributed by atoms with E-state index in [0.717, 1.165) is 32.6 Å². The molecule has 104 valence electrons. The van der Waals surface area contributed by atoms with Gasteiger partial charge in [0, 0.05) is 19.8 Å². The monoisotopic (exact) mass is 265 g/mol. The number of nitrogen functional groups attached to an aromatic ring is 1. The van der Waals surface area contributed by atoms with E-state index in [4.69, 9.17) is 15.6 Å². The Bertz CT molecular complexity index is 470. The second kappa shape index (κ2) is 5.44. The Kier molecular flexibility index (Phi) is 3.90. The number of nitrogens with one attached hydrogen (secondary N) is 1. The Labute approximate surface area is 112 Å². The number of nitrogens with two attached hydrogens (primary N) is 1. The van der Waals surface area contributed by atoms with E-state index < -0.39 is 5.97 Å². The van der Waals surface area contributed by atoms with Gasteiger partial charge in [-0.1, -0.05) is 6.92 Å². The van der Waals surface area contributed by atoms with Gasteiger partial charge in [0.1, 0.15) is 5.82 Å². The summed E-state index contributed by atoms with van der Waals surface area (Å²) < 4.78 is 5.35. The van der Waals surface area contributed by atoms with Gasteiger partial charge in [-0.15, -0.1) is 0 Å². The number of aromatic carboxylic acids is 1. The SMILES string of the molecule is CC1(CNc2cc(C(=O)O)c(N)cn2)CCOCC1. The molecule has 1 aliphatic rings. The molecule has 1 aromatic rings. The van der Waals surface area contributed by atoms with E-state index in [-0.39, 0.29) is 16.7 Å². The van der Waals surface area contributed by atoms with Crippen molar-refractivity contribution < 1.29 is 14.6 Å². The van der Waals surface area contributed by atoms with Gasteiger partial charge in [-0.05, 0) is 24.3 Å². The Morgan fingerprint density at radius 2 is 2.26 bits per heavy atom. The smallest absolute Gasteiger partial charge is 0.337 e. The zero-order chi connectivity index (χ0) is 13.9. The number of nitrogens with zero attached hydrogens (tertiary/aromatic N) is 1. The van der Waals surface area contributed by atoms with Crippen LogP contribution in [0.15, 0.2) is 12.3 Å². The number of carbonyl (C=O) groups is 1. The van der Waals surface area contributed by atoms with Crippen LogP contribution in [0.25, 0.3) is 0 Å². The molecule has 1 aromatic heterocycles. The molecule has 4 N–H and O–H groups in total. The molecule has 0 unspecified atom stereocenters. The van der Waals surface area contributed by atoms with E-state index in [2.05, 4.69) is 17.2 Å². The second-order valence-electron chi connectivity index (χ2n) is 5.24. The Morgan fingerprint density at radius 1 is 1.58 bits per heavy atom. The number of carboxylic acid groups (broad SMARTS) is 1. The molecule has 2 heterocycles. The standard InChI is InChI=1S/C13H19N3O3/c1-13(2-4-19-5-3-13)8-16-11-6-9(12(17)18)10(14)7-15-11/h6-7H,2-5,8,14H2,1H3,(H,15,16)(H,17,18). The summed E-state index contributed by atoms with van der Waals surface area (Å²) in [6, 6.07) is 1.47. The van der Waals surface area contributed by atoms with Gasteiger partial charge in [-0.3, -0.25) is 0 Å². The van der Waals surface area contributed by atoms with Crippen LogP contribution >= 0.6 is 0 Å². The molecule has 1 fully saturated rings. The predicted octanol–water partition coefficient (Wildman–Crippen LogP) is 1.59. The molecule has 0 spiro atoms. The molecule has 1 saturated heterocycles. The molecule has 0 aliphatic carbocycles. The summed E-state index contributed by atoms with van der Waals surface area (Å²) in [6.07, 6.45) is 3.35. The summed E-state index contributed by atoms with van der Waals surface area (Å²) in [5.74, 6) is -0.500. The lowest BCUT2D eigenvalue weighted by Gasteiger charge is -2.33. The minimum atomic E-state index is -1.04. The molecular weight excluding hydrogens is 246 g/mol. The summed E-state index contributed by atoms with van der Waals surface area (Å²) in [4.78, 5) is 15.1. The summed E-state index contributed by atoms with van der Waals surface area (Å²) in [6.45, 7) is 4.48. The Hall–Kier alpha value is -1.82. The first-order valence-corrected chi connectivity index (χ1v) is 6.31. The maximum atomic E-state index is 11.0. The van der Waals surface area contributed by atoms with Crippen LogP contribution in [0.1, 0.15) is 30.1 Å². The van der Waals surface area contributed by atoms with Gasteiger partial charge in [0.2, 0.25) is 0 Å². The van der Waals surface area contributed by atoms with E-state index in [9.17, 15) is 4.79 Å². The minimum Gasteiger partial charge on any atom is -0.478 e. The summed E-state index contributed by atoms with van der Waals surface area (Å²) in [5.41, 5.74) is 5.98. The number of carboxylic acids is 1. The molecule has 2 rings (SSSR count). The maximum absolute atomic E-state index is 11.0. The number of hydrogen-bond acceptors (Lipinski definition) is 5. The summed E-state index contributed by atoms with van der Waals surface area (Å²) >= 11 is 0. The maximum Gasteiger partial charge on any atom is 0.337 e. The quantitative estimate of drug-likeness (QED) is 0.765. The lowest BCUT2D eigenvalue weighted by Crippen LogP contribution is -2.33. The van der Waals surface area contributed by atoms with E-state index in [1.807, 2.05) is 0 Å². The Morgan fingerprint density at radius 3 is 2.89 bits per heavy atom. The summed E-state index contributed by atoms with van der Waals surface area (Å²) in [7, 11) is 0. The molecule has 0 amide bonds. The van der Waals surface area contributed by atoms with E-state index in [1.165, 1.54) is 12.3 Å². The molecule has 0 bridgehead atoms. The van der Waals surface area contributed by atoms with Gasteiger partial charge in [0.05, 0.1) is 17.4 Å². The van der Waals surface area contributed by atoms with Crippen LogP contribution in [0.3, 0.4) is 0 Å². The van der Waals surface area contributed by atoms with Crippen molar-refractivity contribution in [2.24, 2.45) is 5.41 Å². The highest BCUT2D eigenvalue weighted by molar-refractivity contribution is 5.94. The van der Waals surface area contributed by atoms with Crippen LogP contribution in [0.2, 0.25) is 0 Å². The van der Waals surface area contributed by atoms with Crippen molar-refractivity contribution in [1.29, 1.82) is 0 Å². The van der Waals surface area contributed by atoms with Gasteiger partial charge in [0.25, 0.3) is 0 Å². The second-order valence-corrected chi connectivity index (χ2v) is 5.24. The molecule has 6 heteroatoms. The fraction of sp³-hybridized carbons (Fsp3) is 0.538. The number of anilines is 2. The van der Waals surface area contributed by atoms with Gasteiger partial charge in [-0.2, -0.15) is 0 Å². The number of ether oxygens (including phenoxy) is 1. The summed E-state index contributed by atoms with van der Waals surface area (Å²) in [5, 5.41) is 12.2. The molecule has 19 heavy (non-hydrogen) atoms. The number of aromatic nitrogens is 1. The van der Waals surface area contributed by atoms with Crippen molar-refractivity contribution in [3.8, 4) is 0 Å². The average Bonchev–Trinajstić information content (AvgIpc) is 2.38. The molecule has 0 atom stereocenters. The number of hydrogen-bond donors (Lipinski definition) is 3. The highest BCUT2D eigenvalue weighted by Gasteiger charge is 2.27. The molecular formula is C13H19N3O3. The first-order chi connectivity index (χ1) is 9.00. The normalized spacial score (nSPS) is 17.9.